The summed E-state index contributed by atoms with van der Waals surface area (Å²) >= 11 is 8.26. The molecule has 4 heteroatoms. The first-order valence-electron chi connectivity index (χ1n) is 6.69. The van der Waals surface area contributed by atoms with Crippen molar-refractivity contribution in [1.29, 1.82) is 0 Å². The van der Waals surface area contributed by atoms with Crippen LogP contribution in [0.15, 0.2) is 18.2 Å². The van der Waals surface area contributed by atoms with Gasteiger partial charge in [-0.05, 0) is 59.0 Å². The Morgan fingerprint density at radius 3 is 2.58 bits per heavy atom. The second-order valence-corrected chi connectivity index (χ2v) is 7.15. The number of hydrogen-bond acceptors (Lipinski definition) is 1. The summed E-state index contributed by atoms with van der Waals surface area (Å²) in [5, 5.41) is 0.654. The zero-order valence-corrected chi connectivity index (χ0v) is 14.3. The molecule has 104 valence electrons. The molecule has 1 saturated heterocycles. The first-order valence-corrected chi connectivity index (χ1v) is 8.15. The van der Waals surface area contributed by atoms with E-state index in [9.17, 15) is 4.79 Å². The summed E-state index contributed by atoms with van der Waals surface area (Å²) in [5.74, 6) is 0.108. The molecular weight excluding hydrogens is 373 g/mol. The summed E-state index contributed by atoms with van der Waals surface area (Å²) in [6, 6.07) is 5.54. The summed E-state index contributed by atoms with van der Waals surface area (Å²) in [4.78, 5) is 14.4. The molecule has 0 radical (unpaired) electrons. The van der Waals surface area contributed by atoms with E-state index in [4.69, 9.17) is 11.6 Å². The quantitative estimate of drug-likeness (QED) is 0.675. The molecule has 1 heterocycles. The van der Waals surface area contributed by atoms with Gasteiger partial charge in [0.05, 0.1) is 5.02 Å². The zero-order chi connectivity index (χ0) is 14.0. The summed E-state index contributed by atoms with van der Waals surface area (Å²) in [7, 11) is 0. The van der Waals surface area contributed by atoms with Crippen LogP contribution in [0.1, 0.15) is 43.5 Å². The number of likely N-dealkylation sites (tertiary alicyclic amines) is 1. The molecule has 0 spiro atoms. The smallest absolute Gasteiger partial charge is 0.253 e. The molecule has 2 nitrogen and oxygen atoms in total. The first kappa shape index (κ1) is 15.1. The van der Waals surface area contributed by atoms with Gasteiger partial charge in [-0.15, -0.1) is 0 Å². The van der Waals surface area contributed by atoms with E-state index in [0.29, 0.717) is 16.0 Å². The Morgan fingerprint density at radius 2 is 2.05 bits per heavy atom. The number of amides is 1. The summed E-state index contributed by atoms with van der Waals surface area (Å²) in [6.45, 7) is 6.26. The monoisotopic (exact) mass is 391 g/mol. The maximum atomic E-state index is 12.4. The second-order valence-electron chi connectivity index (χ2n) is 5.59. The van der Waals surface area contributed by atoms with E-state index >= 15 is 0 Å². The van der Waals surface area contributed by atoms with Gasteiger partial charge in [-0.1, -0.05) is 31.9 Å². The molecule has 1 aliphatic heterocycles. The average molecular weight is 392 g/mol. The standard InChI is InChI=1S/C15H19ClINO/c1-3-15(2)6-8-18(9-7-15)14(19)11-4-5-13(17)12(16)10-11/h4-5,10H,3,6-9H2,1-2H3. The topological polar surface area (TPSA) is 20.3 Å². The highest BCUT2D eigenvalue weighted by molar-refractivity contribution is 14.1. The van der Waals surface area contributed by atoms with Crippen molar-refractivity contribution < 1.29 is 4.79 Å². The van der Waals surface area contributed by atoms with Crippen LogP contribution in [0.2, 0.25) is 5.02 Å². The van der Waals surface area contributed by atoms with Gasteiger partial charge in [0.25, 0.3) is 5.91 Å². The predicted molar refractivity (Wildman–Crippen MR) is 87.7 cm³/mol. The van der Waals surface area contributed by atoms with E-state index in [2.05, 4.69) is 36.4 Å². The van der Waals surface area contributed by atoms with E-state index in [1.165, 1.54) is 6.42 Å². The third kappa shape index (κ3) is 3.43. The van der Waals surface area contributed by atoms with Gasteiger partial charge in [0.15, 0.2) is 0 Å². The lowest BCUT2D eigenvalue weighted by Gasteiger charge is -2.39. The molecule has 1 fully saturated rings. The van der Waals surface area contributed by atoms with Gasteiger partial charge in [0.2, 0.25) is 0 Å². The van der Waals surface area contributed by atoms with Gasteiger partial charge in [-0.3, -0.25) is 4.79 Å². The van der Waals surface area contributed by atoms with Crippen molar-refractivity contribution in [3.05, 3.63) is 32.4 Å². The number of rotatable bonds is 2. The van der Waals surface area contributed by atoms with Crippen molar-refractivity contribution in [3.63, 3.8) is 0 Å². The molecular formula is C15H19ClINO. The van der Waals surface area contributed by atoms with Gasteiger partial charge in [-0.2, -0.15) is 0 Å². The van der Waals surface area contributed by atoms with E-state index in [-0.39, 0.29) is 5.91 Å². The van der Waals surface area contributed by atoms with E-state index in [1.54, 1.807) is 6.07 Å². The number of hydrogen-bond donors (Lipinski definition) is 0. The van der Waals surface area contributed by atoms with Crippen LogP contribution in [0.3, 0.4) is 0 Å². The number of carbonyl (C=O) groups is 1. The average Bonchev–Trinajstić information content (AvgIpc) is 2.42. The Labute approximate surface area is 133 Å². The van der Waals surface area contributed by atoms with Crippen LogP contribution in [0, 0.1) is 8.99 Å². The van der Waals surface area contributed by atoms with Crippen LogP contribution in [0.4, 0.5) is 0 Å². The fourth-order valence-electron chi connectivity index (χ4n) is 2.41. The molecule has 1 aromatic carbocycles. The molecule has 19 heavy (non-hydrogen) atoms. The van der Waals surface area contributed by atoms with Crippen LogP contribution < -0.4 is 0 Å². The van der Waals surface area contributed by atoms with E-state index < -0.39 is 0 Å². The minimum atomic E-state index is 0.108. The van der Waals surface area contributed by atoms with Crippen molar-refractivity contribution in [2.45, 2.75) is 33.1 Å². The van der Waals surface area contributed by atoms with Gasteiger partial charge in [-0.25, -0.2) is 0 Å². The Morgan fingerprint density at radius 1 is 1.42 bits per heavy atom. The lowest BCUT2D eigenvalue weighted by molar-refractivity contribution is 0.0600. The van der Waals surface area contributed by atoms with Gasteiger partial charge in [0, 0.05) is 22.2 Å². The molecule has 0 atom stereocenters. The molecule has 0 bridgehead atoms. The summed E-state index contributed by atoms with van der Waals surface area (Å²) < 4.78 is 0.980. The normalized spacial score (nSPS) is 18.4. The van der Waals surface area contributed by atoms with Crippen LogP contribution in [0.5, 0.6) is 0 Å². The number of carbonyl (C=O) groups excluding carboxylic acids is 1. The minimum absolute atomic E-state index is 0.108. The predicted octanol–water partition coefficient (Wildman–Crippen LogP) is 4.60. The van der Waals surface area contributed by atoms with Crippen molar-refractivity contribution in [3.8, 4) is 0 Å². The molecule has 0 aliphatic carbocycles. The fourth-order valence-corrected chi connectivity index (χ4v) is 2.93. The lowest BCUT2D eigenvalue weighted by atomic mass is 9.78. The number of piperidine rings is 1. The maximum Gasteiger partial charge on any atom is 0.253 e. The fraction of sp³-hybridized carbons (Fsp3) is 0.533. The van der Waals surface area contributed by atoms with Crippen molar-refractivity contribution in [2.75, 3.05) is 13.1 Å². The summed E-state index contributed by atoms with van der Waals surface area (Å²) in [5.41, 5.74) is 1.10. The molecule has 1 aliphatic rings. The third-order valence-electron chi connectivity index (χ3n) is 4.28. The Hall–Kier alpha value is -0.290. The van der Waals surface area contributed by atoms with E-state index in [0.717, 1.165) is 29.5 Å². The number of nitrogens with zero attached hydrogens (tertiary/aromatic N) is 1. The molecule has 2 rings (SSSR count). The largest absolute Gasteiger partial charge is 0.339 e. The Balaban J connectivity index is 2.07. The first-order chi connectivity index (χ1) is 8.95. The zero-order valence-electron chi connectivity index (χ0n) is 11.4. The molecule has 0 N–H and O–H groups in total. The van der Waals surface area contributed by atoms with Crippen LogP contribution in [0.25, 0.3) is 0 Å². The Bertz CT molecular complexity index is 481. The minimum Gasteiger partial charge on any atom is -0.339 e. The van der Waals surface area contributed by atoms with Crippen molar-refractivity contribution in [2.24, 2.45) is 5.41 Å². The molecule has 0 aromatic heterocycles. The highest BCUT2D eigenvalue weighted by atomic mass is 127. The summed E-state index contributed by atoms with van der Waals surface area (Å²) in [6.07, 6.45) is 3.37. The van der Waals surface area contributed by atoms with Crippen LogP contribution >= 0.6 is 34.2 Å². The maximum absolute atomic E-state index is 12.4. The van der Waals surface area contributed by atoms with Crippen LogP contribution in [-0.2, 0) is 0 Å². The Kier molecular flexibility index (Phi) is 4.77. The molecule has 0 saturated carbocycles. The second kappa shape index (κ2) is 6.00. The van der Waals surface area contributed by atoms with Gasteiger partial charge < -0.3 is 4.90 Å². The number of halogens is 2. The molecule has 1 aromatic rings. The number of benzene rings is 1. The van der Waals surface area contributed by atoms with Gasteiger partial charge in [0.1, 0.15) is 0 Å². The lowest BCUT2D eigenvalue weighted by Crippen LogP contribution is -2.41. The highest BCUT2D eigenvalue weighted by Gasteiger charge is 2.30. The van der Waals surface area contributed by atoms with Crippen molar-refractivity contribution >= 4 is 40.1 Å². The molecule has 1 amide bonds. The van der Waals surface area contributed by atoms with Crippen molar-refractivity contribution in [1.82, 2.24) is 4.90 Å². The van der Waals surface area contributed by atoms with Crippen LogP contribution in [-0.4, -0.2) is 23.9 Å². The highest BCUT2D eigenvalue weighted by Crippen LogP contribution is 2.34. The SMILES string of the molecule is CCC1(C)CCN(C(=O)c2ccc(I)c(Cl)c2)CC1. The third-order valence-corrected chi connectivity index (χ3v) is 5.85. The van der Waals surface area contributed by atoms with Gasteiger partial charge >= 0.3 is 0 Å². The van der Waals surface area contributed by atoms with E-state index in [1.807, 2.05) is 17.0 Å². The molecule has 0 unspecified atom stereocenters.